The van der Waals surface area contributed by atoms with Crippen molar-refractivity contribution in [2.45, 2.75) is 42.3 Å². The number of hydrogen-bond donors (Lipinski definition) is 3. The van der Waals surface area contributed by atoms with E-state index in [0.717, 1.165) is 11.8 Å². The van der Waals surface area contributed by atoms with Gasteiger partial charge >= 0.3 is 0 Å². The van der Waals surface area contributed by atoms with E-state index in [1.807, 2.05) is 6.92 Å². The SMILES string of the molecule is CCNC1=N[C@@H]2[C@@H](O)[C@H](O)C(C(F)F)S[C@@H]2O1. The minimum absolute atomic E-state index is 0.233. The van der Waals surface area contributed by atoms with E-state index in [-0.39, 0.29) is 6.02 Å². The highest BCUT2D eigenvalue weighted by Gasteiger charge is 2.51. The van der Waals surface area contributed by atoms with Crippen LogP contribution in [0.15, 0.2) is 4.99 Å². The fourth-order valence-corrected chi connectivity index (χ4v) is 3.11. The quantitative estimate of drug-likeness (QED) is 0.645. The van der Waals surface area contributed by atoms with Gasteiger partial charge in [0.05, 0.1) is 11.4 Å². The average Bonchev–Trinajstić information content (AvgIpc) is 2.66. The maximum atomic E-state index is 12.6. The Morgan fingerprint density at radius 3 is 2.76 bits per heavy atom. The number of thioether (sulfide) groups is 1. The van der Waals surface area contributed by atoms with Gasteiger partial charge in [0.15, 0.2) is 5.44 Å². The summed E-state index contributed by atoms with van der Waals surface area (Å²) in [6.45, 7) is 2.42. The number of rotatable bonds is 2. The third kappa shape index (κ3) is 2.34. The number of nitrogens with zero attached hydrogens (tertiary/aromatic N) is 1. The molecule has 8 heteroatoms. The number of amidine groups is 1. The van der Waals surface area contributed by atoms with E-state index in [0.29, 0.717) is 6.54 Å². The number of aliphatic hydroxyl groups excluding tert-OH is 2. The van der Waals surface area contributed by atoms with Gasteiger partial charge in [-0.15, -0.1) is 11.8 Å². The standard InChI is InChI=1S/C9H14F2N2O3S/c1-2-12-9-13-3-4(14)5(15)6(7(10)11)17-8(3)16-9/h3-8,14-15H,2H2,1H3,(H,12,13)/t3-,4-,5+,6?,8+/m1/s1. The lowest BCUT2D eigenvalue weighted by Crippen LogP contribution is -2.53. The number of aliphatic imine (C=N–C) groups is 1. The van der Waals surface area contributed by atoms with Crippen molar-refractivity contribution in [3.63, 3.8) is 0 Å². The molecule has 1 saturated heterocycles. The van der Waals surface area contributed by atoms with Gasteiger partial charge in [0.1, 0.15) is 12.1 Å². The van der Waals surface area contributed by atoms with Crippen LogP contribution in [0.4, 0.5) is 8.78 Å². The Labute approximate surface area is 101 Å². The Bertz CT molecular complexity index is 319. The zero-order valence-electron chi connectivity index (χ0n) is 9.09. The summed E-state index contributed by atoms with van der Waals surface area (Å²) in [5.74, 6) is 0. The van der Waals surface area contributed by atoms with Crippen LogP contribution < -0.4 is 5.32 Å². The predicted molar refractivity (Wildman–Crippen MR) is 59.2 cm³/mol. The molecule has 2 aliphatic heterocycles. The van der Waals surface area contributed by atoms with Gasteiger partial charge in [0.25, 0.3) is 12.4 Å². The van der Waals surface area contributed by atoms with Crippen LogP contribution in [0.3, 0.4) is 0 Å². The molecular weight excluding hydrogens is 254 g/mol. The van der Waals surface area contributed by atoms with Crippen LogP contribution in [0.1, 0.15) is 6.92 Å². The van der Waals surface area contributed by atoms with Gasteiger partial charge < -0.3 is 20.3 Å². The third-order valence-electron chi connectivity index (χ3n) is 2.68. The van der Waals surface area contributed by atoms with E-state index in [1.165, 1.54) is 0 Å². The summed E-state index contributed by atoms with van der Waals surface area (Å²) in [5, 5.41) is 20.8. The van der Waals surface area contributed by atoms with E-state index in [9.17, 15) is 19.0 Å². The van der Waals surface area contributed by atoms with Crippen LogP contribution in [0, 0.1) is 0 Å². The van der Waals surface area contributed by atoms with Crippen molar-refractivity contribution >= 4 is 17.8 Å². The van der Waals surface area contributed by atoms with Gasteiger partial charge in [-0.1, -0.05) is 0 Å². The van der Waals surface area contributed by atoms with E-state index in [1.54, 1.807) is 0 Å². The van der Waals surface area contributed by atoms with Crippen LogP contribution in [0.5, 0.6) is 0 Å². The van der Waals surface area contributed by atoms with Gasteiger partial charge in [0.2, 0.25) is 0 Å². The first-order chi connectivity index (χ1) is 8.04. The summed E-state index contributed by atoms with van der Waals surface area (Å²) in [4.78, 5) is 4.03. The molecular formula is C9H14F2N2O3S. The minimum Gasteiger partial charge on any atom is -0.448 e. The van der Waals surface area contributed by atoms with Crippen LogP contribution in [0.25, 0.3) is 0 Å². The van der Waals surface area contributed by atoms with Crippen molar-refractivity contribution in [1.82, 2.24) is 5.32 Å². The highest BCUT2D eigenvalue weighted by atomic mass is 32.2. The van der Waals surface area contributed by atoms with Crippen molar-refractivity contribution in [2.24, 2.45) is 4.99 Å². The molecule has 17 heavy (non-hydrogen) atoms. The molecule has 0 saturated carbocycles. The molecule has 98 valence electrons. The van der Waals surface area contributed by atoms with Gasteiger partial charge in [-0.3, -0.25) is 0 Å². The van der Waals surface area contributed by atoms with E-state index < -0.39 is 35.4 Å². The Kier molecular flexibility index (Phi) is 3.74. The van der Waals surface area contributed by atoms with E-state index in [2.05, 4.69) is 10.3 Å². The molecule has 0 spiro atoms. The van der Waals surface area contributed by atoms with Gasteiger partial charge in [0, 0.05) is 6.54 Å². The lowest BCUT2D eigenvalue weighted by molar-refractivity contribution is -0.0386. The van der Waals surface area contributed by atoms with Gasteiger partial charge in [-0.05, 0) is 6.92 Å². The highest BCUT2D eigenvalue weighted by molar-refractivity contribution is 8.00. The minimum atomic E-state index is -2.71. The summed E-state index contributed by atoms with van der Waals surface area (Å²) < 4.78 is 30.6. The second-order valence-electron chi connectivity index (χ2n) is 3.86. The Morgan fingerprint density at radius 1 is 1.47 bits per heavy atom. The summed E-state index contributed by atoms with van der Waals surface area (Å²) in [7, 11) is 0. The van der Waals surface area contributed by atoms with E-state index in [4.69, 9.17) is 4.74 Å². The number of ether oxygens (including phenoxy) is 1. The fraction of sp³-hybridized carbons (Fsp3) is 0.889. The van der Waals surface area contributed by atoms with Crippen LogP contribution >= 0.6 is 11.8 Å². The number of hydrogen-bond acceptors (Lipinski definition) is 6. The number of halogens is 2. The van der Waals surface area contributed by atoms with Crippen molar-refractivity contribution in [2.75, 3.05) is 6.54 Å². The molecule has 3 N–H and O–H groups in total. The maximum absolute atomic E-state index is 12.6. The Balaban J connectivity index is 2.10. The molecule has 5 nitrogen and oxygen atoms in total. The first-order valence-electron chi connectivity index (χ1n) is 5.32. The van der Waals surface area contributed by atoms with Crippen molar-refractivity contribution in [3.8, 4) is 0 Å². The van der Waals surface area contributed by atoms with Crippen molar-refractivity contribution in [1.29, 1.82) is 0 Å². The number of alkyl halides is 2. The van der Waals surface area contributed by atoms with Gasteiger partial charge in [-0.25, -0.2) is 13.8 Å². The molecule has 1 fully saturated rings. The molecule has 0 aromatic carbocycles. The molecule has 0 amide bonds. The normalized spacial score (nSPS) is 40.8. The summed E-state index contributed by atoms with van der Waals surface area (Å²) in [6, 6.07) is -0.463. The molecule has 0 bridgehead atoms. The molecule has 0 radical (unpaired) electrons. The zero-order chi connectivity index (χ0) is 12.6. The predicted octanol–water partition coefficient (Wildman–Crippen LogP) is -0.221. The summed E-state index contributed by atoms with van der Waals surface area (Å²) in [6.07, 6.45) is -5.52. The molecule has 0 aromatic rings. The molecule has 5 atom stereocenters. The molecule has 1 unspecified atom stereocenters. The molecule has 0 aromatic heterocycles. The van der Waals surface area contributed by atoms with Crippen LogP contribution in [-0.4, -0.2) is 58.1 Å². The summed E-state index contributed by atoms with van der Waals surface area (Å²) in [5.41, 5.74) is -0.665. The van der Waals surface area contributed by atoms with Gasteiger partial charge in [-0.2, -0.15) is 0 Å². The molecule has 2 aliphatic rings. The molecule has 0 aliphatic carbocycles. The molecule has 2 rings (SSSR count). The number of fused-ring (bicyclic) bond motifs is 1. The van der Waals surface area contributed by atoms with Crippen molar-refractivity contribution < 1.29 is 23.7 Å². The average molecular weight is 268 g/mol. The Hall–Kier alpha value is -0.600. The van der Waals surface area contributed by atoms with Crippen LogP contribution in [0.2, 0.25) is 0 Å². The lowest BCUT2D eigenvalue weighted by atomic mass is 10.0. The maximum Gasteiger partial charge on any atom is 0.286 e. The first kappa shape index (κ1) is 12.8. The second kappa shape index (κ2) is 4.95. The molecule has 2 heterocycles. The smallest absolute Gasteiger partial charge is 0.286 e. The number of aliphatic hydroxyl groups is 2. The topological polar surface area (TPSA) is 74.1 Å². The Morgan fingerprint density at radius 2 is 2.18 bits per heavy atom. The fourth-order valence-electron chi connectivity index (χ4n) is 1.83. The van der Waals surface area contributed by atoms with Crippen LogP contribution in [-0.2, 0) is 4.74 Å². The first-order valence-corrected chi connectivity index (χ1v) is 6.27. The van der Waals surface area contributed by atoms with Crippen molar-refractivity contribution in [3.05, 3.63) is 0 Å². The number of nitrogens with one attached hydrogen (secondary N) is 1. The highest BCUT2D eigenvalue weighted by Crippen LogP contribution is 2.40. The van der Waals surface area contributed by atoms with E-state index >= 15 is 0 Å². The zero-order valence-corrected chi connectivity index (χ0v) is 9.90. The second-order valence-corrected chi connectivity index (χ2v) is 5.14. The lowest BCUT2D eigenvalue weighted by Gasteiger charge is -2.36. The monoisotopic (exact) mass is 268 g/mol. The third-order valence-corrected chi connectivity index (χ3v) is 4.12. The summed E-state index contributed by atoms with van der Waals surface area (Å²) >= 11 is 0.815. The largest absolute Gasteiger partial charge is 0.448 e.